The van der Waals surface area contributed by atoms with E-state index in [2.05, 4.69) is 9.97 Å². The van der Waals surface area contributed by atoms with Gasteiger partial charge in [-0.15, -0.1) is 0 Å². The fraction of sp³-hybridized carbons (Fsp3) is 0.292. The average Bonchev–Trinajstić information content (AvgIpc) is 3.43. The Labute approximate surface area is 185 Å². The highest BCUT2D eigenvalue weighted by Gasteiger charge is 2.29. The summed E-state index contributed by atoms with van der Waals surface area (Å²) in [4.78, 5) is 24.0. The van der Waals surface area contributed by atoms with Gasteiger partial charge in [-0.2, -0.15) is 0 Å². The van der Waals surface area contributed by atoms with Gasteiger partial charge in [-0.25, -0.2) is 9.97 Å². The molecule has 0 saturated carbocycles. The van der Waals surface area contributed by atoms with Crippen LogP contribution in [0.5, 0.6) is 0 Å². The van der Waals surface area contributed by atoms with E-state index in [-0.39, 0.29) is 11.8 Å². The van der Waals surface area contributed by atoms with Crippen molar-refractivity contribution < 1.29 is 9.21 Å². The first kappa shape index (κ1) is 19.8. The number of carbonyl (C=O) groups is 1. The van der Waals surface area contributed by atoms with Gasteiger partial charge in [0.25, 0.3) is 5.91 Å². The fourth-order valence-electron chi connectivity index (χ4n) is 4.20. The maximum atomic E-state index is 13.1. The topological polar surface area (TPSA) is 63.6 Å². The molecule has 3 aromatic heterocycles. The number of benzene rings is 1. The quantitative estimate of drug-likeness (QED) is 0.458. The second kappa shape index (κ2) is 8.19. The number of nitrogens with zero attached hydrogens (tertiary/aromatic N) is 4. The maximum absolute atomic E-state index is 13.1. The molecule has 158 valence electrons. The van der Waals surface area contributed by atoms with Crippen LogP contribution >= 0.6 is 11.6 Å². The third kappa shape index (κ3) is 3.95. The standard InChI is InChI=1S/C24H23ClN4O2/c1-16-6-4-10-22-27-21(15-29(16)22)24(30)28-11-5-8-18(14-28)23-26-13-19(31-23)12-17-7-2-3-9-20(17)25/h2-4,6-7,9-10,13,15,18H,5,8,11-12,14H2,1H3. The van der Waals surface area contributed by atoms with Gasteiger partial charge in [0, 0.05) is 36.4 Å². The van der Waals surface area contributed by atoms with Crippen LogP contribution in [0.4, 0.5) is 0 Å². The second-order valence-corrected chi connectivity index (χ2v) is 8.45. The molecule has 1 fully saturated rings. The molecule has 0 aliphatic carbocycles. The molecule has 1 aliphatic heterocycles. The Balaban J connectivity index is 1.31. The van der Waals surface area contributed by atoms with E-state index in [1.54, 1.807) is 6.20 Å². The minimum Gasteiger partial charge on any atom is -0.445 e. The largest absolute Gasteiger partial charge is 0.445 e. The number of piperidine rings is 1. The van der Waals surface area contributed by atoms with Crippen LogP contribution in [0.1, 0.15) is 52.2 Å². The summed E-state index contributed by atoms with van der Waals surface area (Å²) in [7, 11) is 0. The molecule has 4 heterocycles. The molecule has 1 aromatic carbocycles. The molecular weight excluding hydrogens is 412 g/mol. The molecule has 1 atom stereocenters. The van der Waals surface area contributed by atoms with Gasteiger partial charge in [-0.05, 0) is 43.5 Å². The number of fused-ring (bicyclic) bond motifs is 1. The van der Waals surface area contributed by atoms with Crippen LogP contribution in [0, 0.1) is 6.92 Å². The average molecular weight is 435 g/mol. The maximum Gasteiger partial charge on any atom is 0.274 e. The number of likely N-dealkylation sites (tertiary alicyclic amines) is 1. The molecule has 0 N–H and O–H groups in total. The van der Waals surface area contributed by atoms with E-state index in [4.69, 9.17) is 16.0 Å². The lowest BCUT2D eigenvalue weighted by atomic mass is 9.98. The Bertz CT molecular complexity index is 1250. The van der Waals surface area contributed by atoms with E-state index in [1.807, 2.05) is 64.9 Å². The number of imidazole rings is 1. The van der Waals surface area contributed by atoms with Gasteiger partial charge in [0.2, 0.25) is 0 Å². The smallest absolute Gasteiger partial charge is 0.274 e. The molecule has 7 heteroatoms. The number of hydrogen-bond donors (Lipinski definition) is 0. The van der Waals surface area contributed by atoms with E-state index in [9.17, 15) is 4.79 Å². The van der Waals surface area contributed by atoms with Crippen molar-refractivity contribution in [1.29, 1.82) is 0 Å². The van der Waals surface area contributed by atoms with Gasteiger partial charge in [0.1, 0.15) is 17.1 Å². The minimum absolute atomic E-state index is 0.0457. The summed E-state index contributed by atoms with van der Waals surface area (Å²) < 4.78 is 8.00. The van der Waals surface area contributed by atoms with Gasteiger partial charge in [0.05, 0.1) is 12.1 Å². The molecule has 0 spiro atoms. The summed E-state index contributed by atoms with van der Waals surface area (Å²) in [6.07, 6.45) is 6.04. The van der Waals surface area contributed by atoms with Crippen molar-refractivity contribution in [3.05, 3.63) is 88.5 Å². The summed E-state index contributed by atoms with van der Waals surface area (Å²) in [5, 5.41) is 0.720. The number of aryl methyl sites for hydroxylation is 1. The molecular formula is C24H23ClN4O2. The highest BCUT2D eigenvalue weighted by molar-refractivity contribution is 6.31. The molecule has 5 rings (SSSR count). The molecule has 1 amide bonds. The zero-order valence-electron chi connectivity index (χ0n) is 17.3. The van der Waals surface area contributed by atoms with Crippen molar-refractivity contribution >= 4 is 23.2 Å². The van der Waals surface area contributed by atoms with Gasteiger partial charge in [0.15, 0.2) is 5.89 Å². The predicted octanol–water partition coefficient (Wildman–Crippen LogP) is 4.89. The minimum atomic E-state index is -0.0457. The monoisotopic (exact) mass is 434 g/mol. The number of oxazole rings is 1. The number of pyridine rings is 1. The SMILES string of the molecule is Cc1cccc2nc(C(=O)N3CCCC(c4ncc(Cc5ccccc5Cl)o4)C3)cn12. The number of carbonyl (C=O) groups excluding carboxylic acids is 1. The second-order valence-electron chi connectivity index (χ2n) is 8.04. The van der Waals surface area contributed by atoms with Crippen LogP contribution in [-0.4, -0.2) is 38.3 Å². The van der Waals surface area contributed by atoms with E-state index in [1.165, 1.54) is 0 Å². The lowest BCUT2D eigenvalue weighted by Gasteiger charge is -2.30. The zero-order valence-corrected chi connectivity index (χ0v) is 18.0. The van der Waals surface area contributed by atoms with Gasteiger partial charge < -0.3 is 13.7 Å². The Morgan fingerprint density at radius 3 is 2.94 bits per heavy atom. The summed E-state index contributed by atoms with van der Waals surface area (Å²) in [5.74, 6) is 1.50. The summed E-state index contributed by atoms with van der Waals surface area (Å²) in [6.45, 7) is 3.30. The normalized spacial score (nSPS) is 16.7. The van der Waals surface area contributed by atoms with E-state index >= 15 is 0 Å². The van der Waals surface area contributed by atoms with Crippen molar-refractivity contribution in [3.8, 4) is 0 Å². The molecule has 0 bridgehead atoms. The predicted molar refractivity (Wildman–Crippen MR) is 119 cm³/mol. The molecule has 1 saturated heterocycles. The lowest BCUT2D eigenvalue weighted by molar-refractivity contribution is 0.0692. The Hall–Kier alpha value is -3.12. The number of halogens is 1. The third-order valence-corrected chi connectivity index (χ3v) is 6.24. The first-order valence-electron chi connectivity index (χ1n) is 10.5. The molecule has 1 aliphatic rings. The van der Waals surface area contributed by atoms with E-state index in [0.29, 0.717) is 24.6 Å². The van der Waals surface area contributed by atoms with Crippen LogP contribution in [-0.2, 0) is 6.42 Å². The number of hydrogen-bond acceptors (Lipinski definition) is 4. The highest BCUT2D eigenvalue weighted by atomic mass is 35.5. The first-order chi connectivity index (χ1) is 15.1. The van der Waals surface area contributed by atoms with Crippen molar-refractivity contribution in [2.24, 2.45) is 0 Å². The molecule has 0 radical (unpaired) electrons. The Morgan fingerprint density at radius 2 is 2.10 bits per heavy atom. The third-order valence-electron chi connectivity index (χ3n) is 5.87. The Morgan fingerprint density at radius 1 is 1.23 bits per heavy atom. The number of rotatable bonds is 4. The van der Waals surface area contributed by atoms with Crippen molar-refractivity contribution in [1.82, 2.24) is 19.3 Å². The molecule has 1 unspecified atom stereocenters. The summed E-state index contributed by atoms with van der Waals surface area (Å²) in [6, 6.07) is 13.6. The van der Waals surface area contributed by atoms with E-state index < -0.39 is 0 Å². The van der Waals surface area contributed by atoms with E-state index in [0.717, 1.165) is 47.1 Å². The number of aromatic nitrogens is 3. The Kier molecular flexibility index (Phi) is 5.24. The van der Waals surface area contributed by atoms with Gasteiger partial charge >= 0.3 is 0 Å². The molecule has 6 nitrogen and oxygen atoms in total. The van der Waals surface area contributed by atoms with Crippen molar-refractivity contribution in [2.45, 2.75) is 32.1 Å². The van der Waals surface area contributed by atoms with Crippen LogP contribution in [0.15, 0.2) is 59.3 Å². The zero-order chi connectivity index (χ0) is 21.4. The number of amides is 1. The van der Waals surface area contributed by atoms with Crippen molar-refractivity contribution in [3.63, 3.8) is 0 Å². The van der Waals surface area contributed by atoms with Crippen molar-refractivity contribution in [2.75, 3.05) is 13.1 Å². The molecule has 4 aromatic rings. The molecule has 31 heavy (non-hydrogen) atoms. The van der Waals surface area contributed by atoms with Crippen LogP contribution in [0.25, 0.3) is 5.65 Å². The fourth-order valence-corrected chi connectivity index (χ4v) is 4.40. The lowest BCUT2D eigenvalue weighted by Crippen LogP contribution is -2.39. The van der Waals surface area contributed by atoms with Crippen LogP contribution in [0.2, 0.25) is 5.02 Å². The van der Waals surface area contributed by atoms with Gasteiger partial charge in [-0.1, -0.05) is 35.9 Å². The summed E-state index contributed by atoms with van der Waals surface area (Å²) in [5.41, 5.74) is 3.32. The van der Waals surface area contributed by atoms with Gasteiger partial charge in [-0.3, -0.25) is 4.79 Å². The summed E-state index contributed by atoms with van der Waals surface area (Å²) >= 11 is 6.27. The highest BCUT2D eigenvalue weighted by Crippen LogP contribution is 2.29. The van der Waals surface area contributed by atoms with Crippen LogP contribution in [0.3, 0.4) is 0 Å². The first-order valence-corrected chi connectivity index (χ1v) is 10.9. The van der Waals surface area contributed by atoms with Crippen LogP contribution < -0.4 is 0 Å².